The minimum atomic E-state index is -3.34. The van der Waals surface area contributed by atoms with Crippen molar-refractivity contribution in [2.24, 2.45) is 5.73 Å². The molecule has 90 valence electrons. The van der Waals surface area contributed by atoms with E-state index in [0.717, 1.165) is 0 Å². The molecular weight excluding hydrogens is 238 g/mol. The number of nitrogens with two attached hydrogens (primary N) is 1. The van der Waals surface area contributed by atoms with E-state index in [9.17, 15) is 8.42 Å². The topological polar surface area (TPSA) is 96.0 Å². The van der Waals surface area contributed by atoms with Crippen LogP contribution in [0.3, 0.4) is 0 Å². The largest absolute Gasteiger partial charge is 0.326 e. The number of hydrogen-bond donors (Lipinski definition) is 2. The molecule has 0 bridgehead atoms. The van der Waals surface area contributed by atoms with Crippen LogP contribution in [0.1, 0.15) is 17.5 Å². The van der Waals surface area contributed by atoms with E-state index in [0.29, 0.717) is 17.5 Å². The van der Waals surface area contributed by atoms with E-state index >= 15 is 0 Å². The van der Waals surface area contributed by atoms with Crippen LogP contribution in [0, 0.1) is 11.3 Å². The molecule has 3 N–H and O–H groups in total. The zero-order valence-electron chi connectivity index (χ0n) is 9.13. The third-order valence-corrected chi connectivity index (χ3v) is 3.99. The lowest BCUT2D eigenvalue weighted by Crippen LogP contribution is -2.30. The molecular formula is C11H13N3O2S. The SMILES string of the molecule is N#Cc1ccc(CS(=O)(=O)NC2CC2N)cc1. The Balaban J connectivity index is 2.01. The summed E-state index contributed by atoms with van der Waals surface area (Å²) in [6, 6.07) is 8.32. The predicted molar refractivity (Wildman–Crippen MR) is 63.3 cm³/mol. The Hall–Kier alpha value is -1.42. The van der Waals surface area contributed by atoms with Gasteiger partial charge in [-0.05, 0) is 24.1 Å². The van der Waals surface area contributed by atoms with Crippen molar-refractivity contribution >= 4 is 10.0 Å². The maximum Gasteiger partial charge on any atom is 0.216 e. The predicted octanol–water partition coefficient (Wildman–Crippen LogP) is 0.0773. The fourth-order valence-electron chi connectivity index (χ4n) is 1.52. The second-order valence-corrected chi connectivity index (χ2v) is 5.95. The van der Waals surface area contributed by atoms with Crippen molar-refractivity contribution in [3.63, 3.8) is 0 Å². The van der Waals surface area contributed by atoms with Crippen molar-refractivity contribution in [1.29, 1.82) is 5.26 Å². The monoisotopic (exact) mass is 251 g/mol. The molecule has 0 aromatic heterocycles. The van der Waals surface area contributed by atoms with Crippen LogP contribution >= 0.6 is 0 Å². The van der Waals surface area contributed by atoms with Gasteiger partial charge in [-0.3, -0.25) is 0 Å². The van der Waals surface area contributed by atoms with Crippen LogP contribution in [0.25, 0.3) is 0 Å². The number of benzene rings is 1. The van der Waals surface area contributed by atoms with Crippen LogP contribution in [0.2, 0.25) is 0 Å². The van der Waals surface area contributed by atoms with Gasteiger partial charge >= 0.3 is 0 Å². The standard InChI is InChI=1S/C11H13N3O2S/c12-6-8-1-3-9(4-2-8)7-17(15,16)14-11-5-10(11)13/h1-4,10-11,14H,5,7,13H2. The van der Waals surface area contributed by atoms with E-state index in [1.54, 1.807) is 24.3 Å². The van der Waals surface area contributed by atoms with E-state index in [1.807, 2.05) is 6.07 Å². The zero-order chi connectivity index (χ0) is 12.5. The normalized spacial score (nSPS) is 23.1. The van der Waals surface area contributed by atoms with Crippen LogP contribution in [0.15, 0.2) is 24.3 Å². The van der Waals surface area contributed by atoms with Gasteiger partial charge in [-0.2, -0.15) is 5.26 Å². The summed E-state index contributed by atoms with van der Waals surface area (Å²) in [6.45, 7) is 0. The van der Waals surface area contributed by atoms with Crippen LogP contribution < -0.4 is 10.5 Å². The molecule has 0 saturated heterocycles. The molecule has 5 nitrogen and oxygen atoms in total. The molecule has 0 spiro atoms. The maximum absolute atomic E-state index is 11.7. The quantitative estimate of drug-likeness (QED) is 0.792. The van der Waals surface area contributed by atoms with E-state index in [4.69, 9.17) is 11.0 Å². The summed E-state index contributed by atoms with van der Waals surface area (Å²) in [4.78, 5) is 0. The molecule has 6 heteroatoms. The van der Waals surface area contributed by atoms with Crippen molar-refractivity contribution in [3.8, 4) is 6.07 Å². The smallest absolute Gasteiger partial charge is 0.216 e. The molecule has 2 rings (SSSR count). The maximum atomic E-state index is 11.7. The molecule has 0 amide bonds. The van der Waals surface area contributed by atoms with Crippen molar-refractivity contribution in [3.05, 3.63) is 35.4 Å². The highest BCUT2D eigenvalue weighted by molar-refractivity contribution is 7.88. The van der Waals surface area contributed by atoms with Crippen molar-refractivity contribution in [2.75, 3.05) is 0 Å². The zero-order valence-corrected chi connectivity index (χ0v) is 9.94. The summed E-state index contributed by atoms with van der Waals surface area (Å²) in [5, 5.41) is 8.62. The Labute approximate surface area is 100 Å². The number of nitriles is 1. The highest BCUT2D eigenvalue weighted by Crippen LogP contribution is 2.19. The van der Waals surface area contributed by atoms with Crippen molar-refractivity contribution < 1.29 is 8.42 Å². The Morgan fingerprint density at radius 3 is 2.47 bits per heavy atom. The van der Waals surface area contributed by atoms with Gasteiger partial charge in [-0.1, -0.05) is 12.1 Å². The molecule has 1 aliphatic rings. The molecule has 0 radical (unpaired) electrons. The van der Waals surface area contributed by atoms with Gasteiger partial charge in [0.1, 0.15) is 0 Å². The number of nitrogens with zero attached hydrogens (tertiary/aromatic N) is 1. The molecule has 0 heterocycles. The van der Waals surface area contributed by atoms with Crippen LogP contribution in [0.5, 0.6) is 0 Å². The number of nitrogens with one attached hydrogen (secondary N) is 1. The minimum absolute atomic E-state index is 0.0502. The molecule has 2 atom stereocenters. The Morgan fingerprint density at radius 2 is 2.00 bits per heavy atom. The summed E-state index contributed by atoms with van der Waals surface area (Å²) in [5.41, 5.74) is 6.72. The van der Waals surface area contributed by atoms with Crippen molar-refractivity contribution in [1.82, 2.24) is 4.72 Å². The average Bonchev–Trinajstić information content (AvgIpc) is 2.93. The summed E-state index contributed by atoms with van der Waals surface area (Å²) in [5.74, 6) is -0.0814. The van der Waals surface area contributed by atoms with Gasteiger partial charge in [0.2, 0.25) is 10.0 Å². The molecule has 1 aromatic carbocycles. The summed E-state index contributed by atoms with van der Waals surface area (Å²) >= 11 is 0. The Morgan fingerprint density at radius 1 is 1.41 bits per heavy atom. The molecule has 17 heavy (non-hydrogen) atoms. The lowest BCUT2D eigenvalue weighted by Gasteiger charge is -2.05. The van der Waals surface area contributed by atoms with Crippen LogP contribution in [0.4, 0.5) is 0 Å². The second kappa shape index (κ2) is 4.45. The molecule has 1 fully saturated rings. The van der Waals surface area contributed by atoms with Gasteiger partial charge in [0.15, 0.2) is 0 Å². The molecule has 2 unspecified atom stereocenters. The van der Waals surface area contributed by atoms with Gasteiger partial charge < -0.3 is 5.73 Å². The van der Waals surface area contributed by atoms with Gasteiger partial charge in [0.05, 0.1) is 17.4 Å². The first kappa shape index (κ1) is 12.0. The number of sulfonamides is 1. The first-order valence-corrected chi connectivity index (χ1v) is 6.90. The highest BCUT2D eigenvalue weighted by atomic mass is 32.2. The minimum Gasteiger partial charge on any atom is -0.326 e. The summed E-state index contributed by atoms with van der Waals surface area (Å²) < 4.78 is 26.0. The van der Waals surface area contributed by atoms with Gasteiger partial charge in [0, 0.05) is 12.1 Å². The van der Waals surface area contributed by atoms with Gasteiger partial charge in [-0.25, -0.2) is 13.1 Å². The van der Waals surface area contributed by atoms with Crippen LogP contribution in [-0.2, 0) is 15.8 Å². The molecule has 1 aliphatic carbocycles. The third kappa shape index (κ3) is 3.27. The fraction of sp³-hybridized carbons (Fsp3) is 0.364. The highest BCUT2D eigenvalue weighted by Gasteiger charge is 2.36. The third-order valence-electron chi connectivity index (χ3n) is 2.61. The first-order valence-electron chi connectivity index (χ1n) is 5.25. The van der Waals surface area contributed by atoms with E-state index in [-0.39, 0.29) is 17.8 Å². The first-order chi connectivity index (χ1) is 8.00. The number of hydrogen-bond acceptors (Lipinski definition) is 4. The van der Waals surface area contributed by atoms with Gasteiger partial charge in [-0.15, -0.1) is 0 Å². The summed E-state index contributed by atoms with van der Waals surface area (Å²) in [7, 11) is -3.34. The lowest BCUT2D eigenvalue weighted by atomic mass is 10.2. The summed E-state index contributed by atoms with van der Waals surface area (Å²) in [6.07, 6.45) is 0.701. The van der Waals surface area contributed by atoms with E-state index in [2.05, 4.69) is 4.72 Å². The van der Waals surface area contributed by atoms with E-state index < -0.39 is 10.0 Å². The molecule has 1 aromatic rings. The molecule has 1 saturated carbocycles. The fourth-order valence-corrected chi connectivity index (χ4v) is 2.96. The number of rotatable bonds is 4. The molecule has 0 aliphatic heterocycles. The van der Waals surface area contributed by atoms with E-state index in [1.165, 1.54) is 0 Å². The lowest BCUT2D eigenvalue weighted by molar-refractivity contribution is 0.579. The van der Waals surface area contributed by atoms with Crippen LogP contribution in [-0.4, -0.2) is 20.5 Å². The average molecular weight is 251 g/mol. The Bertz CT molecular complexity index is 545. The van der Waals surface area contributed by atoms with Gasteiger partial charge in [0.25, 0.3) is 0 Å². The second-order valence-electron chi connectivity index (χ2n) is 4.19. The van der Waals surface area contributed by atoms with Crippen molar-refractivity contribution in [2.45, 2.75) is 24.3 Å². The Kier molecular flexibility index (Phi) is 3.15.